The number of rotatable bonds is 4. The van der Waals surface area contributed by atoms with E-state index in [9.17, 15) is 24.3 Å². The molecule has 1 rings (SSSR count). The van der Waals surface area contributed by atoms with Crippen LogP contribution in [0.4, 0.5) is 0 Å². The molecular weight excluding hydrogens is 297 g/mol. The van der Waals surface area contributed by atoms with E-state index in [1.54, 1.807) is 19.9 Å². The molecular formula is C12H18N3O5P. The summed E-state index contributed by atoms with van der Waals surface area (Å²) in [6.45, 7) is 3.25. The number of hydrogen-bond acceptors (Lipinski definition) is 3. The van der Waals surface area contributed by atoms with Crippen molar-refractivity contribution in [1.29, 1.82) is 5.41 Å². The van der Waals surface area contributed by atoms with Crippen molar-refractivity contribution in [3.05, 3.63) is 34.9 Å². The van der Waals surface area contributed by atoms with Crippen LogP contribution >= 0.6 is 7.60 Å². The average molecular weight is 315 g/mol. The van der Waals surface area contributed by atoms with Crippen molar-refractivity contribution in [1.82, 2.24) is 4.90 Å². The zero-order valence-electron chi connectivity index (χ0n) is 11.9. The molecule has 0 aromatic heterocycles. The van der Waals surface area contributed by atoms with E-state index in [0.29, 0.717) is 16.0 Å². The van der Waals surface area contributed by atoms with E-state index < -0.39 is 24.8 Å². The minimum absolute atomic E-state index is 0.0963. The van der Waals surface area contributed by atoms with Gasteiger partial charge < -0.3 is 25.5 Å². The minimum Gasteiger partial charge on any atom is -0.479 e. The lowest BCUT2D eigenvalue weighted by molar-refractivity contribution is -0.145. The number of guanidine groups is 1. The van der Waals surface area contributed by atoms with Gasteiger partial charge in [0.05, 0.1) is 0 Å². The zero-order chi connectivity index (χ0) is 16.6. The lowest BCUT2D eigenvalue weighted by Gasteiger charge is -2.39. The van der Waals surface area contributed by atoms with Crippen LogP contribution in [0.5, 0.6) is 0 Å². The topological polar surface area (TPSA) is 148 Å². The number of aryl methyl sites for hydroxylation is 1. The summed E-state index contributed by atoms with van der Waals surface area (Å²) in [6, 6.07) is 4.51. The second kappa shape index (κ2) is 5.48. The summed E-state index contributed by atoms with van der Waals surface area (Å²) >= 11 is 0. The van der Waals surface area contributed by atoms with Crippen LogP contribution in [-0.4, -0.2) is 38.8 Å². The fourth-order valence-corrected chi connectivity index (χ4v) is 3.52. The van der Waals surface area contributed by atoms with E-state index >= 15 is 0 Å². The van der Waals surface area contributed by atoms with E-state index in [1.807, 2.05) is 0 Å². The first-order chi connectivity index (χ1) is 9.47. The summed E-state index contributed by atoms with van der Waals surface area (Å²) in [5, 5.41) is 14.2. The van der Waals surface area contributed by atoms with Gasteiger partial charge in [-0.2, -0.15) is 0 Å². The van der Waals surface area contributed by atoms with Crippen molar-refractivity contribution >= 4 is 19.5 Å². The lowest BCUT2D eigenvalue weighted by Crippen LogP contribution is -2.54. The summed E-state index contributed by atoms with van der Waals surface area (Å²) in [5.41, 5.74) is 6.27. The molecule has 0 radical (unpaired) electrons. The zero-order valence-corrected chi connectivity index (χ0v) is 12.8. The van der Waals surface area contributed by atoms with E-state index in [0.717, 1.165) is 7.05 Å². The van der Waals surface area contributed by atoms with E-state index in [-0.39, 0.29) is 5.56 Å². The van der Waals surface area contributed by atoms with Gasteiger partial charge in [0.1, 0.15) is 0 Å². The van der Waals surface area contributed by atoms with Crippen molar-refractivity contribution in [3.63, 3.8) is 0 Å². The number of carboxylic acids is 1. The molecule has 0 saturated carbocycles. The Kier molecular flexibility index (Phi) is 4.48. The Morgan fingerprint density at radius 1 is 1.38 bits per heavy atom. The Hall–Kier alpha value is -1.89. The first-order valence-corrected chi connectivity index (χ1v) is 7.52. The van der Waals surface area contributed by atoms with Crippen molar-refractivity contribution in [2.45, 2.75) is 19.1 Å². The van der Waals surface area contributed by atoms with Gasteiger partial charge in [0.2, 0.25) is 0 Å². The number of carboxylic acid groups (broad SMARTS) is 1. The number of hydrogen-bond donors (Lipinski definition) is 5. The minimum atomic E-state index is -5.24. The highest BCUT2D eigenvalue weighted by molar-refractivity contribution is 7.54. The van der Waals surface area contributed by atoms with Crippen LogP contribution in [0.2, 0.25) is 0 Å². The Morgan fingerprint density at radius 3 is 2.29 bits per heavy atom. The van der Waals surface area contributed by atoms with E-state index in [4.69, 9.17) is 11.1 Å². The number of carbonyl (C=O) groups is 1. The van der Waals surface area contributed by atoms with Crippen LogP contribution < -0.4 is 5.73 Å². The molecule has 116 valence electrons. The molecule has 0 heterocycles. The fraction of sp³-hybridized carbons (Fsp3) is 0.333. The molecule has 1 atom stereocenters. The first kappa shape index (κ1) is 17.2. The Balaban J connectivity index is 3.90. The number of aliphatic carboxylic acids is 1. The van der Waals surface area contributed by atoms with Gasteiger partial charge in [-0.05, 0) is 25.0 Å². The Labute approximate surface area is 121 Å². The number of likely N-dealkylation sites (N-methyl/N-ethyl adjacent to an activating group) is 1. The summed E-state index contributed by atoms with van der Waals surface area (Å²) in [6.07, 6.45) is 0. The van der Waals surface area contributed by atoms with Crippen LogP contribution in [0.3, 0.4) is 0 Å². The van der Waals surface area contributed by atoms with Gasteiger partial charge in [0.15, 0.2) is 5.96 Å². The summed E-state index contributed by atoms with van der Waals surface area (Å²) in [5.74, 6) is -2.54. The van der Waals surface area contributed by atoms with Crippen LogP contribution in [0.25, 0.3) is 0 Å². The van der Waals surface area contributed by atoms with Crippen LogP contribution in [0.1, 0.15) is 16.7 Å². The summed E-state index contributed by atoms with van der Waals surface area (Å²) < 4.78 is 12.0. The summed E-state index contributed by atoms with van der Waals surface area (Å²) in [4.78, 5) is 31.8. The molecule has 0 fully saturated rings. The van der Waals surface area contributed by atoms with Gasteiger partial charge in [0, 0.05) is 12.6 Å². The second-order valence-electron chi connectivity index (χ2n) is 4.71. The third kappa shape index (κ3) is 2.53. The van der Waals surface area contributed by atoms with Gasteiger partial charge >= 0.3 is 13.6 Å². The first-order valence-electron chi connectivity index (χ1n) is 5.91. The molecule has 6 N–H and O–H groups in total. The van der Waals surface area contributed by atoms with Gasteiger partial charge in [-0.15, -0.1) is 0 Å². The smallest absolute Gasteiger partial charge is 0.367 e. The monoisotopic (exact) mass is 315 g/mol. The molecule has 0 aliphatic heterocycles. The van der Waals surface area contributed by atoms with E-state index in [1.165, 1.54) is 12.1 Å². The number of benzene rings is 1. The molecule has 0 bridgehead atoms. The third-order valence-electron chi connectivity index (χ3n) is 3.55. The number of nitrogens with two attached hydrogens (primary N) is 1. The van der Waals surface area contributed by atoms with Crippen molar-refractivity contribution in [2.75, 3.05) is 7.05 Å². The van der Waals surface area contributed by atoms with Crippen molar-refractivity contribution < 1.29 is 24.3 Å². The molecule has 9 heteroatoms. The Morgan fingerprint density at radius 2 is 1.90 bits per heavy atom. The lowest BCUT2D eigenvalue weighted by atomic mass is 9.96. The molecule has 1 aromatic carbocycles. The molecule has 21 heavy (non-hydrogen) atoms. The fourth-order valence-electron chi connectivity index (χ4n) is 2.22. The summed E-state index contributed by atoms with van der Waals surface area (Å²) in [7, 11) is -4.17. The SMILES string of the molecule is Cc1cccc(C(C(=O)O)(N(C)C(=N)N)P(=O)(O)O)c1C. The van der Waals surface area contributed by atoms with Gasteiger partial charge in [-0.3, -0.25) is 9.97 Å². The van der Waals surface area contributed by atoms with Crippen LogP contribution in [0, 0.1) is 19.3 Å². The second-order valence-corrected chi connectivity index (χ2v) is 6.45. The maximum Gasteiger partial charge on any atom is 0.367 e. The predicted molar refractivity (Wildman–Crippen MR) is 77.0 cm³/mol. The highest BCUT2D eigenvalue weighted by atomic mass is 31.2. The number of nitrogens with one attached hydrogen (secondary N) is 1. The molecule has 0 aliphatic rings. The molecule has 1 unspecified atom stereocenters. The van der Waals surface area contributed by atoms with Crippen molar-refractivity contribution in [3.8, 4) is 0 Å². The quantitative estimate of drug-likeness (QED) is 0.309. The molecule has 8 nitrogen and oxygen atoms in total. The maximum atomic E-state index is 12.0. The molecule has 0 aliphatic carbocycles. The highest BCUT2D eigenvalue weighted by Crippen LogP contribution is 2.59. The predicted octanol–water partition coefficient (Wildman–Crippen LogP) is 0.544. The third-order valence-corrected chi connectivity index (χ3v) is 5.12. The maximum absolute atomic E-state index is 12.0. The van der Waals surface area contributed by atoms with Gasteiger partial charge in [-0.1, -0.05) is 18.2 Å². The van der Waals surface area contributed by atoms with Crippen molar-refractivity contribution in [2.24, 2.45) is 5.73 Å². The molecule has 0 saturated heterocycles. The molecule has 0 amide bonds. The average Bonchev–Trinajstić information content (AvgIpc) is 2.32. The van der Waals surface area contributed by atoms with Crippen LogP contribution in [0.15, 0.2) is 18.2 Å². The highest BCUT2D eigenvalue weighted by Gasteiger charge is 2.60. The largest absolute Gasteiger partial charge is 0.479 e. The van der Waals surface area contributed by atoms with Gasteiger partial charge in [-0.25, -0.2) is 4.79 Å². The standard InChI is InChI=1S/C12H18N3O5P/c1-7-5-4-6-9(8(7)2)12(10(16)17,21(18,19)20)15(3)11(13)14/h4-6H,1-3H3,(H3,13,14)(H,16,17)(H2,18,19,20). The molecule has 1 aromatic rings. The van der Waals surface area contributed by atoms with E-state index in [2.05, 4.69) is 0 Å². The van der Waals surface area contributed by atoms with Crippen LogP contribution in [-0.2, 0) is 14.6 Å². The Bertz CT molecular complexity index is 642. The normalized spacial score (nSPS) is 14.3. The molecule has 0 spiro atoms. The number of nitrogens with zero attached hydrogens (tertiary/aromatic N) is 1. The van der Waals surface area contributed by atoms with Gasteiger partial charge in [0.25, 0.3) is 5.28 Å².